The average Bonchev–Trinajstić information content (AvgIpc) is 2.79. The van der Waals surface area contributed by atoms with Gasteiger partial charge >= 0.3 is 0 Å². The fourth-order valence-corrected chi connectivity index (χ4v) is 4.74. The highest BCUT2D eigenvalue weighted by Gasteiger charge is 2.23. The molecule has 5 nitrogen and oxygen atoms in total. The first-order valence-corrected chi connectivity index (χ1v) is 10.7. The number of rotatable bonds is 5. The molecule has 1 atom stereocenters. The number of nitrogens with one attached hydrogen (secondary N) is 1. The molecule has 0 spiro atoms. The lowest BCUT2D eigenvalue weighted by atomic mass is 10.1. The minimum atomic E-state index is -1.22. The number of hydrogen-bond acceptors (Lipinski definition) is 3. The first kappa shape index (κ1) is 19.4. The van der Waals surface area contributed by atoms with Crippen molar-refractivity contribution in [3.63, 3.8) is 0 Å². The van der Waals surface area contributed by atoms with Crippen LogP contribution in [0.15, 0.2) is 84.3 Å². The second-order valence-electron chi connectivity index (χ2n) is 6.88. The molecule has 29 heavy (non-hydrogen) atoms. The van der Waals surface area contributed by atoms with Crippen LogP contribution in [-0.4, -0.2) is 40.6 Å². The van der Waals surface area contributed by atoms with Crippen LogP contribution in [0, 0.1) is 0 Å². The lowest BCUT2D eigenvalue weighted by molar-refractivity contribution is -0.111. The van der Waals surface area contributed by atoms with Crippen LogP contribution in [0.25, 0.3) is 10.8 Å². The molecular formula is C23H23N3O2S. The summed E-state index contributed by atoms with van der Waals surface area (Å²) in [4.78, 5) is 14.5. The molecule has 1 amide bonds. The van der Waals surface area contributed by atoms with Crippen molar-refractivity contribution in [1.29, 1.82) is 0 Å². The van der Waals surface area contributed by atoms with E-state index in [1.165, 1.54) is 22.5 Å². The van der Waals surface area contributed by atoms with Crippen LogP contribution in [0.4, 0.5) is 11.4 Å². The number of nitrogens with zero attached hydrogens (tertiary/aromatic N) is 2. The second-order valence-corrected chi connectivity index (χ2v) is 8.37. The Bertz CT molecular complexity index is 1050. The Hall–Kier alpha value is -2.96. The van der Waals surface area contributed by atoms with E-state index in [0.29, 0.717) is 5.69 Å². The maximum absolute atomic E-state index is 13.0. The molecule has 1 aliphatic rings. The fraction of sp³-hybridized carbons (Fsp3) is 0.174. The van der Waals surface area contributed by atoms with Gasteiger partial charge in [0.05, 0.1) is 4.90 Å². The van der Waals surface area contributed by atoms with Crippen molar-refractivity contribution in [2.24, 2.45) is 0 Å². The van der Waals surface area contributed by atoms with Gasteiger partial charge in [0.1, 0.15) is 11.0 Å². The molecule has 1 aliphatic heterocycles. The zero-order chi connectivity index (χ0) is 20.2. The van der Waals surface area contributed by atoms with Crippen molar-refractivity contribution in [3.8, 4) is 0 Å². The molecule has 1 saturated heterocycles. The molecule has 0 aliphatic carbocycles. The summed E-state index contributed by atoms with van der Waals surface area (Å²) >= 11 is 0. The van der Waals surface area contributed by atoms with Gasteiger partial charge in [0, 0.05) is 42.9 Å². The molecule has 0 aromatic heterocycles. The van der Waals surface area contributed by atoms with Crippen molar-refractivity contribution < 1.29 is 9.00 Å². The number of benzene rings is 3. The quantitative estimate of drug-likeness (QED) is 0.657. The number of amides is 1. The summed E-state index contributed by atoms with van der Waals surface area (Å²) in [7, 11) is -1.22. The van der Waals surface area contributed by atoms with E-state index in [4.69, 9.17) is 0 Å². The molecule has 1 fully saturated rings. The SMILES string of the molecule is C=CC(=O)Nc1ccc(S(=O)N2CCN(c3cccc4ccccc34)CC2)cc1. The Morgan fingerprint density at radius 2 is 1.62 bits per heavy atom. The molecule has 148 valence electrons. The van der Waals surface area contributed by atoms with E-state index in [1.54, 1.807) is 24.3 Å². The maximum Gasteiger partial charge on any atom is 0.247 e. The Morgan fingerprint density at radius 3 is 2.34 bits per heavy atom. The van der Waals surface area contributed by atoms with E-state index in [1.807, 2.05) is 4.31 Å². The summed E-state index contributed by atoms with van der Waals surface area (Å²) in [6.07, 6.45) is 1.22. The third kappa shape index (κ3) is 4.23. The van der Waals surface area contributed by atoms with E-state index in [-0.39, 0.29) is 5.91 Å². The van der Waals surface area contributed by atoms with Crippen molar-refractivity contribution in [2.45, 2.75) is 4.90 Å². The maximum atomic E-state index is 13.0. The number of hydrogen-bond donors (Lipinski definition) is 1. The zero-order valence-electron chi connectivity index (χ0n) is 16.1. The van der Waals surface area contributed by atoms with E-state index >= 15 is 0 Å². The molecule has 0 bridgehead atoms. The Morgan fingerprint density at radius 1 is 0.931 bits per heavy atom. The third-order valence-corrected chi connectivity index (χ3v) is 6.60. The Kier molecular flexibility index (Phi) is 5.74. The van der Waals surface area contributed by atoms with Crippen LogP contribution in [0.2, 0.25) is 0 Å². The molecule has 3 aromatic carbocycles. The number of fused-ring (bicyclic) bond motifs is 1. The largest absolute Gasteiger partial charge is 0.368 e. The van der Waals surface area contributed by atoms with Gasteiger partial charge in [-0.1, -0.05) is 43.0 Å². The highest BCUT2D eigenvalue weighted by Crippen LogP contribution is 2.28. The minimum Gasteiger partial charge on any atom is -0.368 e. The third-order valence-electron chi connectivity index (χ3n) is 5.09. The summed E-state index contributed by atoms with van der Waals surface area (Å²) in [6.45, 7) is 6.54. The van der Waals surface area contributed by atoms with Gasteiger partial charge in [0.15, 0.2) is 0 Å². The monoisotopic (exact) mass is 405 g/mol. The van der Waals surface area contributed by atoms with Gasteiger partial charge in [-0.05, 0) is 41.8 Å². The molecule has 0 saturated carbocycles. The molecule has 3 aromatic rings. The summed E-state index contributed by atoms with van der Waals surface area (Å²) < 4.78 is 15.0. The topological polar surface area (TPSA) is 52.7 Å². The summed E-state index contributed by atoms with van der Waals surface area (Å²) in [5.41, 5.74) is 1.90. The van der Waals surface area contributed by atoms with Gasteiger partial charge in [-0.25, -0.2) is 8.51 Å². The number of anilines is 2. The summed E-state index contributed by atoms with van der Waals surface area (Å²) in [5.74, 6) is -0.261. The van der Waals surface area contributed by atoms with Gasteiger partial charge < -0.3 is 10.2 Å². The molecule has 4 rings (SSSR count). The predicted molar refractivity (Wildman–Crippen MR) is 119 cm³/mol. The fourth-order valence-electron chi connectivity index (χ4n) is 3.58. The lowest BCUT2D eigenvalue weighted by Gasteiger charge is -2.35. The number of carbonyl (C=O) groups is 1. The van der Waals surface area contributed by atoms with Crippen LogP contribution in [0.3, 0.4) is 0 Å². The first-order chi connectivity index (χ1) is 14.2. The van der Waals surface area contributed by atoms with E-state index in [9.17, 15) is 9.00 Å². The van der Waals surface area contributed by atoms with Gasteiger partial charge in [-0.3, -0.25) is 4.79 Å². The normalized spacial score (nSPS) is 15.8. The average molecular weight is 406 g/mol. The molecular weight excluding hydrogens is 382 g/mol. The number of carbonyl (C=O) groups excluding carboxylic acids is 1. The minimum absolute atomic E-state index is 0.261. The lowest BCUT2D eigenvalue weighted by Crippen LogP contribution is -2.47. The molecule has 1 unspecified atom stereocenters. The smallest absolute Gasteiger partial charge is 0.247 e. The van der Waals surface area contributed by atoms with Gasteiger partial charge in [-0.2, -0.15) is 0 Å². The number of piperazine rings is 1. The second kappa shape index (κ2) is 8.59. The van der Waals surface area contributed by atoms with Crippen molar-refractivity contribution in [3.05, 3.63) is 79.4 Å². The zero-order valence-corrected chi connectivity index (χ0v) is 16.9. The van der Waals surface area contributed by atoms with Crippen molar-refractivity contribution in [2.75, 3.05) is 36.4 Å². The van der Waals surface area contributed by atoms with Gasteiger partial charge in [-0.15, -0.1) is 0 Å². The van der Waals surface area contributed by atoms with Crippen molar-refractivity contribution in [1.82, 2.24) is 4.31 Å². The van der Waals surface area contributed by atoms with Gasteiger partial charge in [0.2, 0.25) is 5.91 Å². The van der Waals surface area contributed by atoms with Crippen molar-refractivity contribution >= 4 is 39.0 Å². The van der Waals surface area contributed by atoms with Crippen LogP contribution in [0.1, 0.15) is 0 Å². The highest BCUT2D eigenvalue weighted by molar-refractivity contribution is 7.82. The van der Waals surface area contributed by atoms with Gasteiger partial charge in [0.25, 0.3) is 0 Å². The van der Waals surface area contributed by atoms with Crippen LogP contribution in [0.5, 0.6) is 0 Å². The first-order valence-electron chi connectivity index (χ1n) is 9.59. The predicted octanol–water partition coefficient (Wildman–Crippen LogP) is 3.81. The van der Waals surface area contributed by atoms with E-state index in [0.717, 1.165) is 31.1 Å². The molecule has 6 heteroatoms. The van der Waals surface area contributed by atoms with Crippen LogP contribution < -0.4 is 10.2 Å². The van der Waals surface area contributed by atoms with Crippen LogP contribution >= 0.6 is 0 Å². The highest BCUT2D eigenvalue weighted by atomic mass is 32.2. The molecule has 0 radical (unpaired) electrons. The Balaban J connectivity index is 1.42. The summed E-state index contributed by atoms with van der Waals surface area (Å²) in [5, 5.41) is 5.19. The Labute approximate surface area is 173 Å². The molecule has 1 N–H and O–H groups in total. The van der Waals surface area contributed by atoms with E-state index in [2.05, 4.69) is 59.3 Å². The van der Waals surface area contributed by atoms with E-state index < -0.39 is 11.0 Å². The standard InChI is InChI=1S/C23H23N3O2S/c1-2-23(27)24-19-10-12-20(13-11-19)29(28)26-16-14-25(15-17-26)22-9-5-7-18-6-3-4-8-21(18)22/h2-13H,1,14-17H2,(H,24,27). The summed E-state index contributed by atoms with van der Waals surface area (Å²) in [6, 6.07) is 21.9. The molecule has 1 heterocycles. The van der Waals surface area contributed by atoms with Crippen LogP contribution in [-0.2, 0) is 15.8 Å².